The molecule has 4 N–H and O–H groups in total. The lowest BCUT2D eigenvalue weighted by Gasteiger charge is -2.02. The molecule has 84 valence electrons. The molecule has 3 rings (SSSR count). The normalized spacial score (nSPS) is 11.1. The first kappa shape index (κ1) is 9.72. The van der Waals surface area contributed by atoms with Crippen LogP contribution in [0.2, 0.25) is 0 Å². The van der Waals surface area contributed by atoms with E-state index < -0.39 is 0 Å². The molecule has 1 heterocycles. The third-order valence-electron chi connectivity index (χ3n) is 2.72. The summed E-state index contributed by atoms with van der Waals surface area (Å²) in [6.07, 6.45) is 0. The van der Waals surface area contributed by atoms with E-state index in [1.165, 1.54) is 0 Å². The Morgan fingerprint density at radius 2 is 1.53 bits per heavy atom. The molecular formula is C13H10N2O2. The van der Waals surface area contributed by atoms with Crippen molar-refractivity contribution in [2.75, 3.05) is 11.5 Å². The molecule has 17 heavy (non-hydrogen) atoms. The summed E-state index contributed by atoms with van der Waals surface area (Å²) in [4.78, 5) is 12.2. The van der Waals surface area contributed by atoms with E-state index in [9.17, 15) is 4.79 Å². The zero-order valence-corrected chi connectivity index (χ0v) is 8.94. The van der Waals surface area contributed by atoms with Crippen molar-refractivity contribution in [3.63, 3.8) is 0 Å². The molecule has 4 nitrogen and oxygen atoms in total. The molecule has 0 amide bonds. The zero-order valence-electron chi connectivity index (χ0n) is 8.94. The van der Waals surface area contributed by atoms with E-state index >= 15 is 0 Å². The fraction of sp³-hybridized carbons (Fsp3) is 0. The molecule has 0 radical (unpaired) electrons. The van der Waals surface area contributed by atoms with Crippen LogP contribution in [-0.2, 0) is 0 Å². The van der Waals surface area contributed by atoms with Crippen molar-refractivity contribution < 1.29 is 4.42 Å². The summed E-state index contributed by atoms with van der Waals surface area (Å²) >= 11 is 0. The zero-order chi connectivity index (χ0) is 12.0. The number of nitrogens with two attached hydrogens (primary N) is 2. The Labute approximate surface area is 96.4 Å². The maximum Gasteiger partial charge on any atom is 0.200 e. The molecule has 0 fully saturated rings. The second-order valence-corrected chi connectivity index (χ2v) is 3.94. The van der Waals surface area contributed by atoms with E-state index in [2.05, 4.69) is 0 Å². The van der Waals surface area contributed by atoms with Crippen LogP contribution < -0.4 is 16.9 Å². The lowest BCUT2D eigenvalue weighted by Crippen LogP contribution is -2.03. The van der Waals surface area contributed by atoms with Gasteiger partial charge in [0.2, 0.25) is 5.43 Å². The largest absolute Gasteiger partial charge is 0.456 e. The predicted molar refractivity (Wildman–Crippen MR) is 68.8 cm³/mol. The molecule has 2 aromatic carbocycles. The topological polar surface area (TPSA) is 82.2 Å². The van der Waals surface area contributed by atoms with Gasteiger partial charge in [-0.15, -0.1) is 0 Å². The molecular weight excluding hydrogens is 216 g/mol. The number of hydrogen-bond acceptors (Lipinski definition) is 4. The summed E-state index contributed by atoms with van der Waals surface area (Å²) in [7, 11) is 0. The lowest BCUT2D eigenvalue weighted by molar-refractivity contribution is 0.660. The maximum absolute atomic E-state index is 12.2. The molecule has 0 aliphatic heterocycles. The van der Waals surface area contributed by atoms with E-state index in [1.807, 2.05) is 0 Å². The van der Waals surface area contributed by atoms with Gasteiger partial charge in [0.1, 0.15) is 11.2 Å². The van der Waals surface area contributed by atoms with Gasteiger partial charge in [0.05, 0.1) is 10.8 Å². The van der Waals surface area contributed by atoms with Crippen molar-refractivity contribution in [2.24, 2.45) is 0 Å². The van der Waals surface area contributed by atoms with Gasteiger partial charge in [-0.25, -0.2) is 0 Å². The highest BCUT2D eigenvalue weighted by atomic mass is 16.3. The van der Waals surface area contributed by atoms with Gasteiger partial charge < -0.3 is 15.9 Å². The summed E-state index contributed by atoms with van der Waals surface area (Å²) in [6.45, 7) is 0. The van der Waals surface area contributed by atoms with E-state index in [4.69, 9.17) is 15.9 Å². The van der Waals surface area contributed by atoms with Gasteiger partial charge in [0.25, 0.3) is 0 Å². The van der Waals surface area contributed by atoms with Crippen LogP contribution in [0.4, 0.5) is 11.4 Å². The van der Waals surface area contributed by atoms with Gasteiger partial charge in [-0.3, -0.25) is 4.79 Å². The van der Waals surface area contributed by atoms with Crippen molar-refractivity contribution in [1.29, 1.82) is 0 Å². The van der Waals surface area contributed by atoms with Crippen LogP contribution in [0, 0.1) is 0 Å². The molecule has 0 spiro atoms. The van der Waals surface area contributed by atoms with Crippen LogP contribution in [0.25, 0.3) is 21.9 Å². The van der Waals surface area contributed by atoms with Crippen LogP contribution >= 0.6 is 0 Å². The van der Waals surface area contributed by atoms with Crippen LogP contribution in [0.15, 0.2) is 45.6 Å². The number of fused-ring (bicyclic) bond motifs is 2. The summed E-state index contributed by atoms with van der Waals surface area (Å²) in [5.74, 6) is 0. The minimum atomic E-state index is -0.0893. The molecule has 0 atom stereocenters. The molecule has 0 unspecified atom stereocenters. The SMILES string of the molecule is Nc1ccc2c(=O)c3cc(N)ccc3oc2c1. The second kappa shape index (κ2) is 3.25. The van der Waals surface area contributed by atoms with Crippen molar-refractivity contribution >= 4 is 33.3 Å². The third kappa shape index (κ3) is 1.42. The highest BCUT2D eigenvalue weighted by Crippen LogP contribution is 2.21. The van der Waals surface area contributed by atoms with E-state index in [0.29, 0.717) is 33.3 Å². The Morgan fingerprint density at radius 3 is 2.35 bits per heavy atom. The first-order valence-corrected chi connectivity index (χ1v) is 5.17. The number of benzene rings is 2. The van der Waals surface area contributed by atoms with Gasteiger partial charge in [-0.1, -0.05) is 0 Å². The summed E-state index contributed by atoms with van der Waals surface area (Å²) in [6, 6.07) is 10.00. The number of nitrogen functional groups attached to an aromatic ring is 2. The minimum Gasteiger partial charge on any atom is -0.456 e. The highest BCUT2D eigenvalue weighted by molar-refractivity contribution is 5.92. The Balaban J connectivity index is 2.57. The molecule has 0 saturated carbocycles. The average Bonchev–Trinajstić information content (AvgIpc) is 2.30. The van der Waals surface area contributed by atoms with Crippen LogP contribution in [0.3, 0.4) is 0 Å². The summed E-state index contributed by atoms with van der Waals surface area (Å²) < 4.78 is 5.63. The summed E-state index contributed by atoms with van der Waals surface area (Å²) in [5.41, 5.74) is 13.3. The molecule has 0 saturated heterocycles. The number of anilines is 2. The number of hydrogen-bond donors (Lipinski definition) is 2. The first-order chi connectivity index (χ1) is 8.15. The molecule has 1 aromatic heterocycles. The monoisotopic (exact) mass is 226 g/mol. The number of rotatable bonds is 0. The van der Waals surface area contributed by atoms with Crippen molar-refractivity contribution in [1.82, 2.24) is 0 Å². The standard InChI is InChI=1S/C13H10N2O2/c14-7-2-4-11-10(5-7)13(16)9-3-1-8(15)6-12(9)17-11/h1-6H,14-15H2. The molecule has 3 aromatic rings. The molecule has 4 heteroatoms. The van der Waals surface area contributed by atoms with Gasteiger partial charge in [0, 0.05) is 17.4 Å². The van der Waals surface area contributed by atoms with E-state index in [1.54, 1.807) is 36.4 Å². The van der Waals surface area contributed by atoms with Gasteiger partial charge in [-0.2, -0.15) is 0 Å². The lowest BCUT2D eigenvalue weighted by atomic mass is 10.1. The fourth-order valence-electron chi connectivity index (χ4n) is 1.89. The Hall–Kier alpha value is -2.49. The summed E-state index contributed by atoms with van der Waals surface area (Å²) in [5, 5.41) is 1.000. The average molecular weight is 226 g/mol. The maximum atomic E-state index is 12.2. The smallest absolute Gasteiger partial charge is 0.200 e. The Kier molecular flexibility index (Phi) is 1.86. The van der Waals surface area contributed by atoms with E-state index in [0.717, 1.165) is 0 Å². The van der Waals surface area contributed by atoms with Gasteiger partial charge in [0.15, 0.2) is 0 Å². The first-order valence-electron chi connectivity index (χ1n) is 5.17. The quantitative estimate of drug-likeness (QED) is 0.454. The Morgan fingerprint density at radius 1 is 0.824 bits per heavy atom. The minimum absolute atomic E-state index is 0.0893. The van der Waals surface area contributed by atoms with Crippen LogP contribution in [0.1, 0.15) is 0 Å². The second-order valence-electron chi connectivity index (χ2n) is 3.94. The van der Waals surface area contributed by atoms with Crippen molar-refractivity contribution in [3.05, 3.63) is 46.6 Å². The van der Waals surface area contributed by atoms with Crippen LogP contribution in [-0.4, -0.2) is 0 Å². The van der Waals surface area contributed by atoms with E-state index in [-0.39, 0.29) is 5.43 Å². The predicted octanol–water partition coefficient (Wildman–Crippen LogP) is 2.11. The molecule has 0 aliphatic carbocycles. The van der Waals surface area contributed by atoms with Gasteiger partial charge in [-0.05, 0) is 30.3 Å². The van der Waals surface area contributed by atoms with Crippen molar-refractivity contribution in [2.45, 2.75) is 0 Å². The molecule has 0 bridgehead atoms. The van der Waals surface area contributed by atoms with Crippen molar-refractivity contribution in [3.8, 4) is 0 Å². The fourth-order valence-corrected chi connectivity index (χ4v) is 1.89. The third-order valence-corrected chi connectivity index (χ3v) is 2.72. The molecule has 0 aliphatic rings. The highest BCUT2D eigenvalue weighted by Gasteiger charge is 2.07. The Bertz CT molecular complexity index is 790. The van der Waals surface area contributed by atoms with Crippen LogP contribution in [0.5, 0.6) is 0 Å². The van der Waals surface area contributed by atoms with Gasteiger partial charge >= 0.3 is 0 Å².